The number of hydrogen-bond donors (Lipinski definition) is 1. The molecule has 0 unspecified atom stereocenters. The van der Waals surface area contributed by atoms with E-state index in [2.05, 4.69) is 4.74 Å². The summed E-state index contributed by atoms with van der Waals surface area (Å²) < 4.78 is 4.56. The number of anilines is 1. The number of hydrogen-bond acceptors (Lipinski definition) is 3. The quantitative estimate of drug-likeness (QED) is 0.491. The molecule has 2 N–H and O–H groups in total. The number of ether oxygens (including phenoxy) is 1. The molecule has 0 amide bonds. The Balaban J connectivity index is 0.00000225. The predicted octanol–water partition coefficient (Wildman–Crippen LogP) is 2.58. The number of nitrogens with two attached hydrogens (primary N) is 1. The van der Waals surface area contributed by atoms with Crippen LogP contribution in [0.3, 0.4) is 0 Å². The molecule has 0 aliphatic rings. The van der Waals surface area contributed by atoms with Crippen LogP contribution in [0.2, 0.25) is 0 Å². The van der Waals surface area contributed by atoms with Crippen LogP contribution in [0.1, 0.15) is 24.8 Å². The van der Waals surface area contributed by atoms with E-state index in [-0.39, 0.29) is 18.4 Å². The highest BCUT2D eigenvalue weighted by atomic mass is 35.5. The normalized spacial score (nSPS) is 9.31. The maximum absolute atomic E-state index is 10.8. The van der Waals surface area contributed by atoms with Gasteiger partial charge in [0, 0.05) is 12.1 Å². The number of aryl methyl sites for hydroxylation is 1. The summed E-state index contributed by atoms with van der Waals surface area (Å²) in [6.45, 7) is 0. The lowest BCUT2D eigenvalue weighted by atomic mass is 10.1. The van der Waals surface area contributed by atoms with Gasteiger partial charge in [-0.2, -0.15) is 0 Å². The molecular weight excluding hydrogens is 226 g/mol. The smallest absolute Gasteiger partial charge is 0.305 e. The Hall–Kier alpha value is -1.22. The SMILES string of the molecule is COC(=O)CCCCc1ccc(N)cc1.Cl. The summed E-state index contributed by atoms with van der Waals surface area (Å²) in [6, 6.07) is 7.84. The Kier molecular flexibility index (Phi) is 7.38. The third kappa shape index (κ3) is 5.61. The minimum atomic E-state index is -0.132. The lowest BCUT2D eigenvalue weighted by Gasteiger charge is -2.01. The minimum absolute atomic E-state index is 0. The van der Waals surface area contributed by atoms with Crippen LogP contribution in [-0.4, -0.2) is 13.1 Å². The molecule has 0 saturated carbocycles. The maximum atomic E-state index is 10.8. The van der Waals surface area contributed by atoms with Gasteiger partial charge in [-0.05, 0) is 37.0 Å². The van der Waals surface area contributed by atoms with Crippen molar-refractivity contribution < 1.29 is 9.53 Å². The van der Waals surface area contributed by atoms with Crippen molar-refractivity contribution in [2.24, 2.45) is 0 Å². The Morgan fingerprint density at radius 1 is 1.25 bits per heavy atom. The van der Waals surface area contributed by atoms with Gasteiger partial charge < -0.3 is 10.5 Å². The molecular formula is C12H18ClNO2. The van der Waals surface area contributed by atoms with Gasteiger partial charge in [0.05, 0.1) is 7.11 Å². The highest BCUT2D eigenvalue weighted by molar-refractivity contribution is 5.85. The zero-order valence-corrected chi connectivity index (χ0v) is 10.3. The third-order valence-corrected chi connectivity index (χ3v) is 2.30. The molecule has 0 aliphatic carbocycles. The van der Waals surface area contributed by atoms with E-state index in [9.17, 15) is 4.79 Å². The fourth-order valence-electron chi connectivity index (χ4n) is 1.38. The van der Waals surface area contributed by atoms with E-state index in [1.54, 1.807) is 0 Å². The van der Waals surface area contributed by atoms with Gasteiger partial charge in [-0.3, -0.25) is 4.79 Å². The van der Waals surface area contributed by atoms with Gasteiger partial charge in [0.15, 0.2) is 0 Å². The van der Waals surface area contributed by atoms with Crippen LogP contribution in [0, 0.1) is 0 Å². The van der Waals surface area contributed by atoms with Crippen molar-refractivity contribution in [2.75, 3.05) is 12.8 Å². The number of rotatable bonds is 5. The Labute approximate surface area is 102 Å². The van der Waals surface area contributed by atoms with Crippen LogP contribution < -0.4 is 5.73 Å². The average molecular weight is 244 g/mol. The first-order valence-electron chi connectivity index (χ1n) is 5.13. The van der Waals surface area contributed by atoms with Crippen molar-refractivity contribution in [3.63, 3.8) is 0 Å². The number of methoxy groups -OCH3 is 1. The van der Waals surface area contributed by atoms with E-state index in [1.165, 1.54) is 12.7 Å². The molecule has 0 heterocycles. The van der Waals surface area contributed by atoms with Gasteiger partial charge in [-0.25, -0.2) is 0 Å². The summed E-state index contributed by atoms with van der Waals surface area (Å²) in [5, 5.41) is 0. The molecule has 3 nitrogen and oxygen atoms in total. The molecule has 90 valence electrons. The molecule has 0 fully saturated rings. The molecule has 0 bridgehead atoms. The van der Waals surface area contributed by atoms with Gasteiger partial charge in [0.2, 0.25) is 0 Å². The number of nitrogen functional groups attached to an aromatic ring is 1. The van der Waals surface area contributed by atoms with Gasteiger partial charge in [0.25, 0.3) is 0 Å². The fourth-order valence-corrected chi connectivity index (χ4v) is 1.38. The van der Waals surface area contributed by atoms with Crippen LogP contribution in [-0.2, 0) is 16.0 Å². The second-order valence-corrected chi connectivity index (χ2v) is 3.52. The lowest BCUT2D eigenvalue weighted by Crippen LogP contribution is -1.99. The first kappa shape index (κ1) is 14.8. The molecule has 0 saturated heterocycles. The monoisotopic (exact) mass is 243 g/mol. The zero-order chi connectivity index (χ0) is 11.1. The largest absolute Gasteiger partial charge is 0.469 e. The average Bonchev–Trinajstić information content (AvgIpc) is 2.26. The molecule has 0 aliphatic heterocycles. The van der Waals surface area contributed by atoms with Crippen molar-refractivity contribution in [3.8, 4) is 0 Å². The third-order valence-electron chi connectivity index (χ3n) is 2.30. The van der Waals surface area contributed by atoms with Crippen LogP contribution in [0.4, 0.5) is 5.69 Å². The molecule has 4 heteroatoms. The van der Waals surface area contributed by atoms with E-state index in [0.717, 1.165) is 24.9 Å². The molecule has 1 aromatic rings. The zero-order valence-electron chi connectivity index (χ0n) is 9.44. The number of benzene rings is 1. The van der Waals surface area contributed by atoms with Gasteiger partial charge in [-0.1, -0.05) is 12.1 Å². The van der Waals surface area contributed by atoms with Crippen molar-refractivity contribution in [1.82, 2.24) is 0 Å². The second-order valence-electron chi connectivity index (χ2n) is 3.52. The first-order valence-corrected chi connectivity index (χ1v) is 5.13. The Morgan fingerprint density at radius 3 is 2.44 bits per heavy atom. The van der Waals surface area contributed by atoms with Crippen LogP contribution in [0.15, 0.2) is 24.3 Å². The molecule has 0 aromatic heterocycles. The summed E-state index contributed by atoms with van der Waals surface area (Å²) >= 11 is 0. The Bertz CT molecular complexity index is 311. The van der Waals surface area contributed by atoms with Crippen molar-refractivity contribution in [2.45, 2.75) is 25.7 Å². The summed E-state index contributed by atoms with van der Waals surface area (Å²) in [5.41, 5.74) is 7.62. The summed E-state index contributed by atoms with van der Waals surface area (Å²) in [5.74, 6) is -0.132. The van der Waals surface area contributed by atoms with Crippen LogP contribution in [0.5, 0.6) is 0 Å². The highest BCUT2D eigenvalue weighted by Crippen LogP contribution is 2.09. The van der Waals surface area contributed by atoms with E-state index in [0.29, 0.717) is 6.42 Å². The van der Waals surface area contributed by atoms with Crippen LogP contribution in [0.25, 0.3) is 0 Å². The number of halogens is 1. The first-order chi connectivity index (χ1) is 7.22. The Morgan fingerprint density at radius 2 is 1.88 bits per heavy atom. The number of carbonyl (C=O) groups excluding carboxylic acids is 1. The summed E-state index contributed by atoms with van der Waals surface area (Å²) in [4.78, 5) is 10.8. The predicted molar refractivity (Wildman–Crippen MR) is 67.7 cm³/mol. The summed E-state index contributed by atoms with van der Waals surface area (Å²) in [6.07, 6.45) is 3.36. The standard InChI is InChI=1S/C12H17NO2.ClH/c1-15-12(14)5-3-2-4-10-6-8-11(13)9-7-10;/h6-9H,2-5,13H2,1H3;1H. The minimum Gasteiger partial charge on any atom is -0.469 e. The molecule has 0 spiro atoms. The summed E-state index contributed by atoms with van der Waals surface area (Å²) in [7, 11) is 1.42. The van der Waals surface area contributed by atoms with Crippen LogP contribution >= 0.6 is 12.4 Å². The van der Waals surface area contributed by atoms with E-state index in [4.69, 9.17) is 5.73 Å². The van der Waals surface area contributed by atoms with Gasteiger partial charge in [0.1, 0.15) is 0 Å². The van der Waals surface area contributed by atoms with E-state index < -0.39 is 0 Å². The van der Waals surface area contributed by atoms with E-state index >= 15 is 0 Å². The van der Waals surface area contributed by atoms with Crippen molar-refractivity contribution >= 4 is 24.1 Å². The topological polar surface area (TPSA) is 52.3 Å². The number of esters is 1. The van der Waals surface area contributed by atoms with Crippen molar-refractivity contribution in [1.29, 1.82) is 0 Å². The lowest BCUT2D eigenvalue weighted by molar-refractivity contribution is -0.140. The highest BCUT2D eigenvalue weighted by Gasteiger charge is 1.99. The molecule has 16 heavy (non-hydrogen) atoms. The number of unbranched alkanes of at least 4 members (excludes halogenated alkanes) is 1. The maximum Gasteiger partial charge on any atom is 0.305 e. The molecule has 1 rings (SSSR count). The van der Waals surface area contributed by atoms with E-state index in [1.807, 2.05) is 24.3 Å². The molecule has 0 radical (unpaired) electrons. The number of carbonyl (C=O) groups is 1. The fraction of sp³-hybridized carbons (Fsp3) is 0.417. The van der Waals surface area contributed by atoms with Crippen molar-refractivity contribution in [3.05, 3.63) is 29.8 Å². The molecule has 0 atom stereocenters. The van der Waals surface area contributed by atoms with Gasteiger partial charge >= 0.3 is 5.97 Å². The molecule has 1 aromatic carbocycles. The van der Waals surface area contributed by atoms with Gasteiger partial charge in [-0.15, -0.1) is 12.4 Å². The second kappa shape index (κ2) is 7.99.